The summed E-state index contributed by atoms with van der Waals surface area (Å²) < 4.78 is 7.00. The van der Waals surface area contributed by atoms with Crippen LogP contribution in [0, 0.1) is 0 Å². The topological polar surface area (TPSA) is 77.3 Å². The fourth-order valence-electron chi connectivity index (χ4n) is 2.87. The van der Waals surface area contributed by atoms with E-state index in [0.717, 1.165) is 24.3 Å². The Labute approximate surface area is 149 Å². The van der Waals surface area contributed by atoms with Crippen LogP contribution < -0.4 is 9.64 Å². The van der Waals surface area contributed by atoms with Crippen LogP contribution in [-0.2, 0) is 4.79 Å². The monoisotopic (exact) mass is 348 g/mol. The SMILES string of the molecule is O=C(Oc1ccc(N2CCCC2=O)cc1)c1ccc(-n2cncn2)cc1. The first kappa shape index (κ1) is 16.0. The molecular weight excluding hydrogens is 332 g/mol. The lowest BCUT2D eigenvalue weighted by atomic mass is 10.2. The molecule has 3 aromatic rings. The Balaban J connectivity index is 1.43. The highest BCUT2D eigenvalue weighted by Crippen LogP contribution is 2.24. The second kappa shape index (κ2) is 6.79. The second-order valence-corrected chi connectivity index (χ2v) is 5.92. The number of nitrogens with zero attached hydrogens (tertiary/aromatic N) is 4. The van der Waals surface area contributed by atoms with Crippen LogP contribution in [0.5, 0.6) is 5.75 Å². The quantitative estimate of drug-likeness (QED) is 0.535. The van der Waals surface area contributed by atoms with Gasteiger partial charge in [-0.2, -0.15) is 5.10 Å². The molecule has 0 spiro atoms. The molecule has 0 radical (unpaired) electrons. The van der Waals surface area contributed by atoms with E-state index < -0.39 is 5.97 Å². The second-order valence-electron chi connectivity index (χ2n) is 5.92. The number of rotatable bonds is 4. The predicted octanol–water partition coefficient (Wildman–Crippen LogP) is 2.61. The molecule has 7 nitrogen and oxygen atoms in total. The van der Waals surface area contributed by atoms with Gasteiger partial charge in [0.1, 0.15) is 18.4 Å². The van der Waals surface area contributed by atoms with Gasteiger partial charge in [0.15, 0.2) is 0 Å². The molecule has 2 heterocycles. The fourth-order valence-corrected chi connectivity index (χ4v) is 2.87. The molecule has 0 atom stereocenters. The number of carbonyl (C=O) groups is 2. The zero-order chi connectivity index (χ0) is 17.9. The lowest BCUT2D eigenvalue weighted by molar-refractivity contribution is -0.117. The Morgan fingerprint density at radius 2 is 1.73 bits per heavy atom. The van der Waals surface area contributed by atoms with Crippen LogP contribution in [0.2, 0.25) is 0 Å². The van der Waals surface area contributed by atoms with Crippen molar-refractivity contribution in [3.63, 3.8) is 0 Å². The van der Waals surface area contributed by atoms with Crippen LogP contribution in [0.3, 0.4) is 0 Å². The number of anilines is 1. The van der Waals surface area contributed by atoms with E-state index in [0.29, 0.717) is 17.7 Å². The molecule has 0 aliphatic carbocycles. The molecule has 1 aromatic heterocycles. The fraction of sp³-hybridized carbons (Fsp3) is 0.158. The molecule has 1 aliphatic rings. The third-order valence-electron chi connectivity index (χ3n) is 4.22. The van der Waals surface area contributed by atoms with Gasteiger partial charge < -0.3 is 9.64 Å². The Hall–Kier alpha value is -3.48. The van der Waals surface area contributed by atoms with Crippen molar-refractivity contribution >= 4 is 17.6 Å². The predicted molar refractivity (Wildman–Crippen MR) is 94.3 cm³/mol. The summed E-state index contributed by atoms with van der Waals surface area (Å²) in [7, 11) is 0. The van der Waals surface area contributed by atoms with Gasteiger partial charge in [0.2, 0.25) is 5.91 Å². The van der Waals surface area contributed by atoms with Crippen molar-refractivity contribution in [2.24, 2.45) is 0 Å². The first-order valence-corrected chi connectivity index (χ1v) is 8.28. The molecule has 0 N–H and O–H groups in total. The molecule has 0 bridgehead atoms. The minimum Gasteiger partial charge on any atom is -0.423 e. The van der Waals surface area contributed by atoms with Crippen molar-refractivity contribution < 1.29 is 14.3 Å². The maximum atomic E-state index is 12.3. The summed E-state index contributed by atoms with van der Waals surface area (Å²) in [6, 6.07) is 13.9. The molecule has 130 valence electrons. The van der Waals surface area contributed by atoms with Crippen molar-refractivity contribution in [2.75, 3.05) is 11.4 Å². The van der Waals surface area contributed by atoms with Crippen LogP contribution in [0.15, 0.2) is 61.2 Å². The summed E-state index contributed by atoms with van der Waals surface area (Å²) in [5.74, 6) is 0.119. The number of carbonyl (C=O) groups excluding carboxylic acids is 2. The molecule has 1 amide bonds. The van der Waals surface area contributed by atoms with Crippen molar-refractivity contribution in [2.45, 2.75) is 12.8 Å². The Kier molecular flexibility index (Phi) is 4.18. The Morgan fingerprint density at radius 1 is 1.00 bits per heavy atom. The first-order valence-electron chi connectivity index (χ1n) is 8.28. The number of hydrogen-bond acceptors (Lipinski definition) is 5. The van der Waals surface area contributed by atoms with Gasteiger partial charge in [-0.15, -0.1) is 0 Å². The lowest BCUT2D eigenvalue weighted by Crippen LogP contribution is -2.23. The molecule has 7 heteroatoms. The molecule has 1 aliphatic heterocycles. The number of hydrogen-bond donors (Lipinski definition) is 0. The maximum Gasteiger partial charge on any atom is 0.343 e. The molecule has 1 saturated heterocycles. The van der Waals surface area contributed by atoms with Crippen LogP contribution in [0.4, 0.5) is 5.69 Å². The minimum absolute atomic E-state index is 0.127. The highest BCUT2D eigenvalue weighted by molar-refractivity contribution is 5.95. The summed E-state index contributed by atoms with van der Waals surface area (Å²) in [6.07, 6.45) is 4.49. The third kappa shape index (κ3) is 3.19. The van der Waals surface area contributed by atoms with Crippen molar-refractivity contribution in [3.8, 4) is 11.4 Å². The van der Waals surface area contributed by atoms with E-state index in [1.807, 2.05) is 0 Å². The largest absolute Gasteiger partial charge is 0.423 e. The average molecular weight is 348 g/mol. The Morgan fingerprint density at radius 3 is 2.35 bits per heavy atom. The third-order valence-corrected chi connectivity index (χ3v) is 4.22. The normalized spacial score (nSPS) is 13.8. The van der Waals surface area contributed by atoms with E-state index in [9.17, 15) is 9.59 Å². The summed E-state index contributed by atoms with van der Waals surface area (Å²) in [5.41, 5.74) is 2.07. The molecule has 1 fully saturated rings. The van der Waals surface area contributed by atoms with Gasteiger partial charge in [0.05, 0.1) is 11.3 Å². The van der Waals surface area contributed by atoms with Crippen molar-refractivity contribution in [1.82, 2.24) is 14.8 Å². The standard InChI is InChI=1S/C19H16N4O3/c24-18-2-1-11-22(18)15-7-9-17(10-8-15)26-19(25)14-3-5-16(6-4-14)23-13-20-12-21-23/h3-10,12-13H,1-2,11H2. The summed E-state index contributed by atoms with van der Waals surface area (Å²) in [5, 5.41) is 4.04. The van der Waals surface area contributed by atoms with E-state index in [-0.39, 0.29) is 5.91 Å². The van der Waals surface area contributed by atoms with E-state index in [1.165, 1.54) is 6.33 Å². The molecular formula is C19H16N4O3. The van der Waals surface area contributed by atoms with E-state index >= 15 is 0 Å². The van der Waals surface area contributed by atoms with Gasteiger partial charge in [-0.3, -0.25) is 4.79 Å². The summed E-state index contributed by atoms with van der Waals surface area (Å²) in [6.45, 7) is 0.732. The van der Waals surface area contributed by atoms with Gasteiger partial charge in [0.25, 0.3) is 0 Å². The molecule has 26 heavy (non-hydrogen) atoms. The minimum atomic E-state index is -0.444. The Bertz CT molecular complexity index is 918. The molecule has 0 saturated carbocycles. The summed E-state index contributed by atoms with van der Waals surface area (Å²) >= 11 is 0. The molecule has 2 aromatic carbocycles. The van der Waals surface area contributed by atoms with E-state index in [1.54, 1.807) is 64.4 Å². The van der Waals surface area contributed by atoms with Gasteiger partial charge in [-0.25, -0.2) is 14.5 Å². The van der Waals surface area contributed by atoms with Crippen LogP contribution in [-0.4, -0.2) is 33.2 Å². The smallest absolute Gasteiger partial charge is 0.343 e. The lowest BCUT2D eigenvalue weighted by Gasteiger charge is -2.15. The zero-order valence-corrected chi connectivity index (χ0v) is 13.9. The van der Waals surface area contributed by atoms with Crippen molar-refractivity contribution in [3.05, 3.63) is 66.7 Å². The average Bonchev–Trinajstić information content (AvgIpc) is 3.34. The van der Waals surface area contributed by atoms with Crippen LogP contribution >= 0.6 is 0 Å². The highest BCUT2D eigenvalue weighted by atomic mass is 16.5. The van der Waals surface area contributed by atoms with Crippen molar-refractivity contribution in [1.29, 1.82) is 0 Å². The van der Waals surface area contributed by atoms with Crippen LogP contribution in [0.1, 0.15) is 23.2 Å². The molecule has 0 unspecified atom stereocenters. The summed E-state index contributed by atoms with van der Waals surface area (Å²) in [4.78, 5) is 29.7. The van der Waals surface area contributed by atoms with E-state index in [2.05, 4.69) is 10.1 Å². The maximum absolute atomic E-state index is 12.3. The van der Waals surface area contributed by atoms with E-state index in [4.69, 9.17) is 4.74 Å². The van der Waals surface area contributed by atoms with Gasteiger partial charge in [-0.1, -0.05) is 0 Å². The van der Waals surface area contributed by atoms with Gasteiger partial charge in [0, 0.05) is 18.7 Å². The van der Waals surface area contributed by atoms with Gasteiger partial charge in [-0.05, 0) is 55.0 Å². The zero-order valence-electron chi connectivity index (χ0n) is 13.9. The van der Waals surface area contributed by atoms with Gasteiger partial charge >= 0.3 is 5.97 Å². The first-order chi connectivity index (χ1) is 12.7. The number of benzene rings is 2. The number of amides is 1. The number of esters is 1. The molecule has 4 rings (SSSR count). The van der Waals surface area contributed by atoms with Crippen LogP contribution in [0.25, 0.3) is 5.69 Å². The highest BCUT2D eigenvalue weighted by Gasteiger charge is 2.21. The number of aromatic nitrogens is 3. The number of ether oxygens (including phenoxy) is 1.